The van der Waals surface area contributed by atoms with Gasteiger partial charge < -0.3 is 4.98 Å². The van der Waals surface area contributed by atoms with E-state index in [2.05, 4.69) is 20.9 Å². The lowest BCUT2D eigenvalue weighted by molar-refractivity contribution is 0.587. The van der Waals surface area contributed by atoms with Gasteiger partial charge >= 0.3 is 5.69 Å². The molecule has 0 unspecified atom stereocenters. The van der Waals surface area contributed by atoms with E-state index in [9.17, 15) is 18.0 Å². The van der Waals surface area contributed by atoms with Gasteiger partial charge in [0.05, 0.1) is 6.26 Å². The molecular weight excluding hydrogens is 264 g/mol. The van der Waals surface area contributed by atoms with Gasteiger partial charge in [-0.25, -0.2) is 13.2 Å². The average molecular weight is 269 g/mol. The van der Waals surface area contributed by atoms with Crippen LogP contribution in [0, 0.1) is 0 Å². The Balaban J connectivity index is 3.85. The van der Waals surface area contributed by atoms with Crippen LogP contribution in [0.1, 0.15) is 0 Å². The number of aromatic amines is 1. The summed E-state index contributed by atoms with van der Waals surface area (Å²) in [6.07, 6.45) is 1.86. The van der Waals surface area contributed by atoms with Crippen LogP contribution in [0.2, 0.25) is 0 Å². The summed E-state index contributed by atoms with van der Waals surface area (Å²) in [7, 11) is -3.86. The molecular formula is C5H5BrN2O4S. The zero-order chi connectivity index (χ0) is 10.2. The van der Waals surface area contributed by atoms with Crippen LogP contribution < -0.4 is 11.2 Å². The highest BCUT2D eigenvalue weighted by Crippen LogP contribution is 1.96. The average Bonchev–Trinajstić information content (AvgIpc) is 1.95. The molecule has 0 bridgehead atoms. The van der Waals surface area contributed by atoms with Crippen molar-refractivity contribution in [2.24, 2.45) is 0 Å². The third-order valence-corrected chi connectivity index (χ3v) is 2.79. The van der Waals surface area contributed by atoms with E-state index in [0.717, 1.165) is 12.5 Å². The lowest BCUT2D eigenvalue weighted by Gasteiger charge is -1.99. The number of halogens is 1. The number of H-pyrrole nitrogens is 1. The standard InChI is InChI=1S/C5H5BrN2O4S/c1-13(11,12)8-4(9)3(6)2-7-5(8)10/h2H,1H3,(H,7,10). The van der Waals surface area contributed by atoms with Gasteiger partial charge in [0, 0.05) is 6.20 Å². The summed E-state index contributed by atoms with van der Waals surface area (Å²) in [6, 6.07) is 0. The van der Waals surface area contributed by atoms with Crippen molar-refractivity contribution in [3.8, 4) is 0 Å². The Bertz CT molecular complexity index is 540. The molecule has 6 nitrogen and oxygen atoms in total. The van der Waals surface area contributed by atoms with Crippen LogP contribution in [0.5, 0.6) is 0 Å². The summed E-state index contributed by atoms with van der Waals surface area (Å²) in [5.41, 5.74) is -1.87. The summed E-state index contributed by atoms with van der Waals surface area (Å²) in [5, 5.41) is 0. The maximum Gasteiger partial charge on any atom is 0.342 e. The lowest BCUT2D eigenvalue weighted by Crippen LogP contribution is -2.39. The molecule has 1 rings (SSSR count). The summed E-state index contributed by atoms with van der Waals surface area (Å²) in [4.78, 5) is 24.2. The molecule has 0 aliphatic rings. The quantitative estimate of drug-likeness (QED) is 0.716. The van der Waals surface area contributed by atoms with Crippen molar-refractivity contribution in [2.45, 2.75) is 0 Å². The fourth-order valence-electron chi connectivity index (χ4n) is 0.736. The second-order valence-electron chi connectivity index (χ2n) is 2.27. The highest BCUT2D eigenvalue weighted by molar-refractivity contribution is 9.10. The van der Waals surface area contributed by atoms with Gasteiger partial charge in [-0.05, 0) is 15.9 Å². The van der Waals surface area contributed by atoms with Crippen LogP contribution in [0.4, 0.5) is 0 Å². The highest BCUT2D eigenvalue weighted by atomic mass is 79.9. The van der Waals surface area contributed by atoms with Gasteiger partial charge in [-0.2, -0.15) is 3.97 Å². The van der Waals surface area contributed by atoms with Crippen LogP contribution in [0.3, 0.4) is 0 Å². The van der Waals surface area contributed by atoms with E-state index in [-0.39, 0.29) is 8.45 Å². The summed E-state index contributed by atoms with van der Waals surface area (Å²) in [5.74, 6) is 0. The summed E-state index contributed by atoms with van der Waals surface area (Å²) < 4.78 is 22.0. The van der Waals surface area contributed by atoms with Crippen molar-refractivity contribution < 1.29 is 8.42 Å². The van der Waals surface area contributed by atoms with Crippen molar-refractivity contribution >= 4 is 26.0 Å². The Morgan fingerprint density at radius 1 is 1.46 bits per heavy atom. The molecule has 0 amide bonds. The minimum absolute atomic E-state index is 0.0162. The largest absolute Gasteiger partial charge is 0.342 e. The molecule has 0 fully saturated rings. The molecule has 0 aliphatic heterocycles. The molecule has 8 heteroatoms. The topological polar surface area (TPSA) is 89.0 Å². The number of nitrogens with zero attached hydrogens (tertiary/aromatic N) is 1. The zero-order valence-corrected chi connectivity index (χ0v) is 8.85. The van der Waals surface area contributed by atoms with Crippen molar-refractivity contribution in [3.05, 3.63) is 31.5 Å². The van der Waals surface area contributed by atoms with E-state index in [1.807, 2.05) is 0 Å². The Labute approximate surface area is 81.4 Å². The van der Waals surface area contributed by atoms with Crippen molar-refractivity contribution in [2.75, 3.05) is 6.26 Å². The molecule has 0 spiro atoms. The Morgan fingerprint density at radius 3 is 2.38 bits per heavy atom. The molecule has 1 heterocycles. The van der Waals surface area contributed by atoms with E-state index >= 15 is 0 Å². The molecule has 0 aromatic carbocycles. The molecule has 0 radical (unpaired) electrons. The molecule has 1 aromatic heterocycles. The fraction of sp³-hybridized carbons (Fsp3) is 0.200. The summed E-state index contributed by atoms with van der Waals surface area (Å²) in [6.45, 7) is 0. The Morgan fingerprint density at radius 2 is 2.00 bits per heavy atom. The minimum Gasteiger partial charge on any atom is -0.312 e. The Kier molecular flexibility index (Phi) is 2.44. The molecule has 1 aromatic rings. The predicted molar refractivity (Wildman–Crippen MR) is 49.3 cm³/mol. The van der Waals surface area contributed by atoms with E-state index in [1.54, 1.807) is 0 Å². The molecule has 1 N–H and O–H groups in total. The third-order valence-electron chi connectivity index (χ3n) is 1.23. The number of hydrogen-bond donors (Lipinski definition) is 1. The molecule has 13 heavy (non-hydrogen) atoms. The Hall–Kier alpha value is -0.890. The predicted octanol–water partition coefficient (Wildman–Crippen LogP) is -0.893. The monoisotopic (exact) mass is 268 g/mol. The van der Waals surface area contributed by atoms with E-state index < -0.39 is 21.3 Å². The first-order chi connectivity index (χ1) is 5.84. The van der Waals surface area contributed by atoms with Crippen LogP contribution >= 0.6 is 15.9 Å². The SMILES string of the molecule is CS(=O)(=O)n1c(=O)[nH]cc(Br)c1=O. The van der Waals surface area contributed by atoms with E-state index in [1.165, 1.54) is 0 Å². The minimum atomic E-state index is -3.86. The second kappa shape index (κ2) is 3.11. The third kappa shape index (κ3) is 1.89. The van der Waals surface area contributed by atoms with E-state index in [0.29, 0.717) is 0 Å². The molecule has 0 saturated carbocycles. The van der Waals surface area contributed by atoms with Crippen LogP contribution in [-0.2, 0) is 10.0 Å². The zero-order valence-electron chi connectivity index (χ0n) is 6.44. The van der Waals surface area contributed by atoms with Crippen molar-refractivity contribution in [1.82, 2.24) is 8.96 Å². The number of aromatic nitrogens is 2. The number of rotatable bonds is 1. The van der Waals surface area contributed by atoms with Gasteiger partial charge in [0.1, 0.15) is 4.47 Å². The van der Waals surface area contributed by atoms with Crippen molar-refractivity contribution in [3.63, 3.8) is 0 Å². The van der Waals surface area contributed by atoms with E-state index in [4.69, 9.17) is 0 Å². The van der Waals surface area contributed by atoms with Gasteiger partial charge in [0.15, 0.2) is 0 Å². The maximum atomic E-state index is 11.2. The van der Waals surface area contributed by atoms with Gasteiger partial charge in [-0.15, -0.1) is 0 Å². The first-order valence-corrected chi connectivity index (χ1v) is 5.69. The second-order valence-corrected chi connectivity index (χ2v) is 4.96. The lowest BCUT2D eigenvalue weighted by atomic mass is 10.7. The van der Waals surface area contributed by atoms with Gasteiger partial charge in [0.2, 0.25) is 10.0 Å². The van der Waals surface area contributed by atoms with Crippen molar-refractivity contribution in [1.29, 1.82) is 0 Å². The van der Waals surface area contributed by atoms with Gasteiger partial charge in [-0.1, -0.05) is 0 Å². The molecule has 0 saturated heterocycles. The number of nitrogens with one attached hydrogen (secondary N) is 1. The number of hydrogen-bond acceptors (Lipinski definition) is 4. The van der Waals surface area contributed by atoms with Gasteiger partial charge in [-0.3, -0.25) is 4.79 Å². The molecule has 0 atom stereocenters. The normalized spacial score (nSPS) is 11.5. The molecule has 0 aliphatic carbocycles. The highest BCUT2D eigenvalue weighted by Gasteiger charge is 2.13. The van der Waals surface area contributed by atoms with Crippen LogP contribution in [-0.4, -0.2) is 23.6 Å². The maximum absolute atomic E-state index is 11.2. The smallest absolute Gasteiger partial charge is 0.312 e. The van der Waals surface area contributed by atoms with Crippen LogP contribution in [0.15, 0.2) is 20.3 Å². The van der Waals surface area contributed by atoms with Gasteiger partial charge in [0.25, 0.3) is 5.56 Å². The fourth-order valence-corrected chi connectivity index (χ4v) is 1.90. The first kappa shape index (κ1) is 10.2. The summed E-state index contributed by atoms with van der Waals surface area (Å²) >= 11 is 2.80. The first-order valence-electron chi connectivity index (χ1n) is 3.05. The molecule has 72 valence electrons. The van der Waals surface area contributed by atoms with Crippen LogP contribution in [0.25, 0.3) is 0 Å².